The minimum absolute atomic E-state index is 0.00276. The third kappa shape index (κ3) is 5.31. The van der Waals surface area contributed by atoms with E-state index in [9.17, 15) is 4.79 Å². The van der Waals surface area contributed by atoms with Crippen LogP contribution in [0.15, 0.2) is 58.1 Å². The Morgan fingerprint density at radius 1 is 1.09 bits per heavy atom. The topological polar surface area (TPSA) is 96.6 Å². The molecule has 1 N–H and O–H groups in total. The van der Waals surface area contributed by atoms with Gasteiger partial charge in [-0.1, -0.05) is 25.1 Å². The highest BCUT2D eigenvalue weighted by molar-refractivity contribution is 8.26. The number of thioether (sulfide) groups is 1. The highest BCUT2D eigenvalue weighted by Gasteiger charge is 2.34. The molecule has 2 heterocycles. The molecule has 8 nitrogen and oxygen atoms in total. The number of carbonyl (C=O) groups excluding carboxylic acids is 1. The van der Waals surface area contributed by atoms with Gasteiger partial charge in [0.05, 0.1) is 30.9 Å². The lowest BCUT2D eigenvalue weighted by Crippen LogP contribution is -2.35. The molecule has 4 rings (SSSR count). The van der Waals surface area contributed by atoms with E-state index in [1.807, 2.05) is 25.1 Å². The van der Waals surface area contributed by atoms with Crippen molar-refractivity contribution in [2.45, 2.75) is 26.7 Å². The lowest BCUT2D eigenvalue weighted by atomic mass is 10.1. The molecule has 2 aliphatic heterocycles. The first kappa shape index (κ1) is 23.6. The van der Waals surface area contributed by atoms with Gasteiger partial charge in [0.2, 0.25) is 5.17 Å². The van der Waals surface area contributed by atoms with Gasteiger partial charge in [-0.3, -0.25) is 10.2 Å². The number of aliphatic imine (C=N–C) groups is 1. The molecule has 0 unspecified atom stereocenters. The zero-order valence-electron chi connectivity index (χ0n) is 19.3. The summed E-state index contributed by atoms with van der Waals surface area (Å²) in [7, 11) is 1.56. The fourth-order valence-electron chi connectivity index (χ4n) is 3.40. The third-order valence-corrected chi connectivity index (χ3v) is 6.02. The lowest BCUT2D eigenvalue weighted by molar-refractivity contribution is -0.114. The van der Waals surface area contributed by atoms with Crippen LogP contribution >= 0.6 is 11.8 Å². The van der Waals surface area contributed by atoms with E-state index in [1.165, 1.54) is 22.3 Å². The summed E-state index contributed by atoms with van der Waals surface area (Å²) in [6, 6.07) is 13.5. The molecule has 0 spiro atoms. The molecule has 0 fully saturated rings. The van der Waals surface area contributed by atoms with Gasteiger partial charge in [-0.05, 0) is 66.6 Å². The second-order valence-electron chi connectivity index (χ2n) is 7.60. The molecule has 9 heteroatoms. The van der Waals surface area contributed by atoms with Crippen LogP contribution in [0.4, 0.5) is 0 Å². The summed E-state index contributed by atoms with van der Waals surface area (Å²) in [5.74, 6) is 1.52. The van der Waals surface area contributed by atoms with Crippen molar-refractivity contribution in [2.75, 3.05) is 20.3 Å². The molecule has 2 aliphatic rings. The second kappa shape index (κ2) is 10.6. The molecule has 0 aliphatic carbocycles. The van der Waals surface area contributed by atoms with Crippen LogP contribution in [-0.2, 0) is 11.2 Å². The van der Waals surface area contributed by atoms with Gasteiger partial charge in [0.1, 0.15) is 5.75 Å². The van der Waals surface area contributed by atoms with Crippen molar-refractivity contribution >= 4 is 39.8 Å². The molecule has 2 aromatic carbocycles. The van der Waals surface area contributed by atoms with Gasteiger partial charge in [0.25, 0.3) is 5.91 Å². The Kier molecular flexibility index (Phi) is 7.32. The van der Waals surface area contributed by atoms with Crippen molar-refractivity contribution in [3.8, 4) is 17.2 Å². The highest BCUT2D eigenvalue weighted by atomic mass is 32.2. The first-order valence-electron chi connectivity index (χ1n) is 11.0. The number of carbonyl (C=O) groups is 1. The van der Waals surface area contributed by atoms with Crippen molar-refractivity contribution in [3.05, 3.63) is 59.2 Å². The second-order valence-corrected chi connectivity index (χ2v) is 8.76. The number of amidine groups is 2. The number of hydrogen-bond acceptors (Lipinski definition) is 7. The van der Waals surface area contributed by atoms with Crippen LogP contribution in [0.3, 0.4) is 0 Å². The number of fused-ring (bicyclic) bond motifs is 1. The standard InChI is InChI=1S/C25H26N4O4S/c1-4-17-6-9-19(10-7-17)32-12-5-13-33-21-11-8-18(15-22(21)31-3)14-20-23(26)29-25(27-24(20)30)34-16(2)28-29/h6-11,14-15,26H,4-5,12-13H2,1-3H3. The molecule has 0 atom stereocenters. The molecule has 2 aromatic rings. The summed E-state index contributed by atoms with van der Waals surface area (Å²) in [6.07, 6.45) is 3.33. The Morgan fingerprint density at radius 3 is 2.59 bits per heavy atom. The smallest absolute Gasteiger partial charge is 0.283 e. The maximum Gasteiger partial charge on any atom is 0.283 e. The van der Waals surface area contributed by atoms with E-state index in [-0.39, 0.29) is 11.4 Å². The Morgan fingerprint density at radius 2 is 1.85 bits per heavy atom. The van der Waals surface area contributed by atoms with Crippen molar-refractivity contribution in [1.29, 1.82) is 5.41 Å². The van der Waals surface area contributed by atoms with E-state index in [2.05, 4.69) is 29.2 Å². The van der Waals surface area contributed by atoms with Crippen molar-refractivity contribution in [1.82, 2.24) is 5.01 Å². The predicted octanol–water partition coefficient (Wildman–Crippen LogP) is 4.74. The summed E-state index contributed by atoms with van der Waals surface area (Å²) in [6.45, 7) is 4.94. The Hall–Kier alpha value is -3.59. The molecule has 0 saturated carbocycles. The number of benzene rings is 2. The average molecular weight is 479 g/mol. The minimum Gasteiger partial charge on any atom is -0.493 e. The zero-order valence-corrected chi connectivity index (χ0v) is 20.1. The van der Waals surface area contributed by atoms with Crippen molar-refractivity contribution in [3.63, 3.8) is 0 Å². The Balaban J connectivity index is 1.36. The van der Waals surface area contributed by atoms with E-state index >= 15 is 0 Å². The molecule has 0 radical (unpaired) electrons. The Labute approximate surface area is 202 Å². The number of nitrogens with one attached hydrogen (secondary N) is 1. The number of nitrogens with zero attached hydrogens (tertiary/aromatic N) is 3. The molecule has 34 heavy (non-hydrogen) atoms. The van der Waals surface area contributed by atoms with E-state index in [4.69, 9.17) is 19.6 Å². The Bertz CT molecular complexity index is 1190. The highest BCUT2D eigenvalue weighted by Crippen LogP contribution is 2.31. The fraction of sp³-hybridized carbons (Fsp3) is 0.280. The molecule has 176 valence electrons. The van der Waals surface area contributed by atoms with Crippen LogP contribution in [0.5, 0.6) is 17.2 Å². The largest absolute Gasteiger partial charge is 0.493 e. The van der Waals surface area contributed by atoms with Crippen LogP contribution in [0.25, 0.3) is 6.08 Å². The number of ether oxygens (including phenoxy) is 3. The van der Waals surface area contributed by atoms with E-state index in [0.717, 1.165) is 17.2 Å². The van der Waals surface area contributed by atoms with Crippen LogP contribution in [0, 0.1) is 5.41 Å². The van der Waals surface area contributed by atoms with Gasteiger partial charge in [-0.25, -0.2) is 0 Å². The van der Waals surface area contributed by atoms with Crippen molar-refractivity contribution in [2.24, 2.45) is 10.1 Å². The van der Waals surface area contributed by atoms with Crippen LogP contribution in [0.2, 0.25) is 0 Å². The van der Waals surface area contributed by atoms with Gasteiger partial charge < -0.3 is 14.2 Å². The van der Waals surface area contributed by atoms with E-state index in [1.54, 1.807) is 25.3 Å². The number of rotatable bonds is 9. The van der Waals surface area contributed by atoms with Crippen molar-refractivity contribution < 1.29 is 19.0 Å². The van der Waals surface area contributed by atoms with E-state index in [0.29, 0.717) is 41.9 Å². The predicted molar refractivity (Wildman–Crippen MR) is 135 cm³/mol. The van der Waals surface area contributed by atoms with Crippen LogP contribution in [-0.4, -0.2) is 47.3 Å². The number of hydrogen-bond donors (Lipinski definition) is 1. The number of amides is 1. The molecular formula is C25H26N4O4S. The molecule has 0 aromatic heterocycles. The SMILES string of the molecule is CCc1ccc(OCCCOc2ccc(C=C3C(=N)N4N=C(C)SC4=NC3=O)cc2OC)cc1. The first-order chi connectivity index (χ1) is 16.5. The molecule has 0 bridgehead atoms. The van der Waals surface area contributed by atoms with Gasteiger partial charge in [0.15, 0.2) is 17.3 Å². The molecule has 0 saturated heterocycles. The van der Waals surface area contributed by atoms with E-state index < -0.39 is 5.91 Å². The van der Waals surface area contributed by atoms with Crippen LogP contribution in [0.1, 0.15) is 31.4 Å². The lowest BCUT2D eigenvalue weighted by Gasteiger charge is -2.20. The van der Waals surface area contributed by atoms with Gasteiger partial charge in [-0.15, -0.1) is 0 Å². The fourth-order valence-corrected chi connectivity index (χ4v) is 4.13. The first-order valence-corrected chi connectivity index (χ1v) is 11.8. The number of hydrazone groups is 1. The maximum absolute atomic E-state index is 12.5. The number of aryl methyl sites for hydroxylation is 1. The minimum atomic E-state index is -0.461. The monoisotopic (exact) mass is 478 g/mol. The summed E-state index contributed by atoms with van der Waals surface area (Å²) in [4.78, 5) is 16.5. The molecular weight excluding hydrogens is 452 g/mol. The normalized spacial score (nSPS) is 16.3. The van der Waals surface area contributed by atoms with Crippen LogP contribution < -0.4 is 14.2 Å². The quantitative estimate of drug-likeness (QED) is 0.413. The third-order valence-electron chi connectivity index (χ3n) is 5.20. The number of methoxy groups -OCH3 is 1. The maximum atomic E-state index is 12.5. The summed E-state index contributed by atoms with van der Waals surface area (Å²) in [5, 5.41) is 15.1. The summed E-state index contributed by atoms with van der Waals surface area (Å²) >= 11 is 1.28. The molecule has 1 amide bonds. The average Bonchev–Trinajstić information content (AvgIpc) is 3.22. The van der Waals surface area contributed by atoms with Gasteiger partial charge in [0, 0.05) is 6.42 Å². The van der Waals surface area contributed by atoms with Gasteiger partial charge >= 0.3 is 0 Å². The zero-order chi connectivity index (χ0) is 24.1. The summed E-state index contributed by atoms with van der Waals surface area (Å²) in [5.41, 5.74) is 2.15. The van der Waals surface area contributed by atoms with Gasteiger partial charge in [-0.2, -0.15) is 15.1 Å². The summed E-state index contributed by atoms with van der Waals surface area (Å²) < 4.78 is 17.1.